The van der Waals surface area contributed by atoms with Gasteiger partial charge in [-0.05, 0) is 58.5 Å². The van der Waals surface area contributed by atoms with Crippen molar-refractivity contribution in [3.63, 3.8) is 0 Å². The average molecular weight is 497 g/mol. The number of nitrogens with zero attached hydrogens (tertiary/aromatic N) is 2. The van der Waals surface area contributed by atoms with Crippen molar-refractivity contribution in [3.8, 4) is 11.1 Å². The predicted octanol–water partition coefficient (Wildman–Crippen LogP) is 4.28. The highest BCUT2D eigenvalue weighted by molar-refractivity contribution is 6.08. The minimum Gasteiger partial charge on any atom is -0.331 e. The van der Waals surface area contributed by atoms with E-state index in [1.165, 1.54) is 17.0 Å². The number of halogens is 1. The normalized spacial score (nSPS) is 19.1. The summed E-state index contributed by atoms with van der Waals surface area (Å²) < 4.78 is 13.8. The van der Waals surface area contributed by atoms with Crippen LogP contribution in [0.4, 0.5) is 9.18 Å². The lowest BCUT2D eigenvalue weighted by Crippen LogP contribution is -2.57. The van der Waals surface area contributed by atoms with Gasteiger partial charge in [0.1, 0.15) is 5.82 Å². The summed E-state index contributed by atoms with van der Waals surface area (Å²) in [5, 5.41) is 3.10. The molecule has 7 nitrogen and oxygen atoms in total. The minimum absolute atomic E-state index is 0.175. The predicted molar refractivity (Wildman–Crippen MR) is 138 cm³/mol. The number of hydrazine groups is 1. The Morgan fingerprint density at radius 1 is 1.05 bits per heavy atom. The number of rotatable bonds is 6. The van der Waals surface area contributed by atoms with Crippen LogP contribution in [0.1, 0.15) is 32.6 Å². The standard InChI is InChI=1S/C29H25FN4O3/c1-3-4-5-20-14-21(7-6-18(20)2)19-8-11-23(12-9-19)29(27(36)32-28(37)34(29)31)17-33-16-22-10-13-24(30)15-25(22)26(33)35/h3-15H,1,16-17,31H2,2H3,(H,32,36,37)/b5-4-/t29-/m1/s1. The molecule has 3 aromatic carbocycles. The number of nitrogens with two attached hydrogens (primary N) is 1. The zero-order valence-corrected chi connectivity index (χ0v) is 20.2. The van der Waals surface area contributed by atoms with Crippen molar-refractivity contribution in [2.24, 2.45) is 5.84 Å². The number of fused-ring (bicyclic) bond motifs is 1. The fraction of sp³-hybridized carbons (Fsp3) is 0.138. The van der Waals surface area contributed by atoms with Gasteiger partial charge in [-0.1, -0.05) is 67.3 Å². The largest absolute Gasteiger partial charge is 0.339 e. The molecule has 37 heavy (non-hydrogen) atoms. The molecule has 2 aliphatic heterocycles. The number of benzene rings is 3. The molecule has 1 saturated heterocycles. The molecule has 0 bridgehead atoms. The summed E-state index contributed by atoms with van der Waals surface area (Å²) in [7, 11) is 0. The number of urea groups is 1. The fourth-order valence-electron chi connectivity index (χ4n) is 4.90. The number of amides is 4. The summed E-state index contributed by atoms with van der Waals surface area (Å²) in [4.78, 5) is 40.1. The molecule has 0 aliphatic carbocycles. The summed E-state index contributed by atoms with van der Waals surface area (Å²) in [5.74, 6) is 4.58. The Kier molecular flexibility index (Phi) is 5.97. The van der Waals surface area contributed by atoms with Gasteiger partial charge < -0.3 is 4.90 Å². The van der Waals surface area contributed by atoms with Gasteiger partial charge in [0, 0.05) is 12.1 Å². The van der Waals surface area contributed by atoms with Gasteiger partial charge in [0.25, 0.3) is 11.8 Å². The molecule has 0 spiro atoms. The first kappa shape index (κ1) is 24.1. The maximum absolute atomic E-state index is 13.8. The van der Waals surface area contributed by atoms with Crippen LogP contribution in [0.5, 0.6) is 0 Å². The number of imide groups is 1. The van der Waals surface area contributed by atoms with Crippen LogP contribution in [0.25, 0.3) is 17.2 Å². The topological polar surface area (TPSA) is 95.7 Å². The third kappa shape index (κ3) is 4.01. The van der Waals surface area contributed by atoms with Crippen molar-refractivity contribution in [3.05, 3.63) is 113 Å². The van der Waals surface area contributed by atoms with Gasteiger partial charge in [0.2, 0.25) is 0 Å². The molecule has 0 radical (unpaired) electrons. The first-order valence-corrected chi connectivity index (χ1v) is 11.7. The van der Waals surface area contributed by atoms with Crippen molar-refractivity contribution in [2.45, 2.75) is 19.0 Å². The van der Waals surface area contributed by atoms with Crippen LogP contribution in [-0.2, 0) is 16.9 Å². The number of hydrogen-bond donors (Lipinski definition) is 2. The molecule has 8 heteroatoms. The molecule has 1 fully saturated rings. The maximum atomic E-state index is 13.8. The van der Waals surface area contributed by atoms with Crippen molar-refractivity contribution >= 4 is 23.9 Å². The molecular formula is C29H25FN4O3. The molecule has 3 N–H and O–H groups in total. The SMILES string of the molecule is C=C/C=C\c1cc(-c2ccc([C@]3(CN4Cc5ccc(F)cc5C4=O)C(=O)NC(=O)N3N)cc2)ccc1C. The maximum Gasteiger partial charge on any atom is 0.339 e. The molecule has 5 rings (SSSR count). The number of allylic oxidation sites excluding steroid dienone is 2. The van der Waals surface area contributed by atoms with Crippen LogP contribution >= 0.6 is 0 Å². The van der Waals surface area contributed by atoms with Crippen LogP contribution in [-0.4, -0.2) is 34.3 Å². The minimum atomic E-state index is -1.64. The average Bonchev–Trinajstić information content (AvgIpc) is 3.31. The Hall–Kier alpha value is -4.56. The molecule has 0 unspecified atom stereocenters. The molecule has 0 saturated carbocycles. The Morgan fingerprint density at radius 2 is 1.78 bits per heavy atom. The van der Waals surface area contributed by atoms with E-state index in [9.17, 15) is 18.8 Å². The third-order valence-corrected chi connectivity index (χ3v) is 6.98. The Bertz CT molecular complexity index is 1480. The van der Waals surface area contributed by atoms with Gasteiger partial charge in [-0.15, -0.1) is 0 Å². The lowest BCUT2D eigenvalue weighted by Gasteiger charge is -2.35. The van der Waals surface area contributed by atoms with Crippen LogP contribution in [0.3, 0.4) is 0 Å². The number of carbonyl (C=O) groups excluding carboxylic acids is 3. The zero-order valence-electron chi connectivity index (χ0n) is 20.2. The zero-order chi connectivity index (χ0) is 26.3. The van der Waals surface area contributed by atoms with Crippen molar-refractivity contribution in [2.75, 3.05) is 6.54 Å². The highest BCUT2D eigenvalue weighted by atomic mass is 19.1. The van der Waals surface area contributed by atoms with E-state index in [4.69, 9.17) is 5.84 Å². The summed E-state index contributed by atoms with van der Waals surface area (Å²) in [6.07, 6.45) is 5.57. The number of nitrogens with one attached hydrogen (secondary N) is 1. The van der Waals surface area contributed by atoms with Gasteiger partial charge in [0.15, 0.2) is 5.54 Å². The van der Waals surface area contributed by atoms with Gasteiger partial charge >= 0.3 is 6.03 Å². The second-order valence-electron chi connectivity index (χ2n) is 9.20. The number of carbonyl (C=O) groups is 3. The van der Waals surface area contributed by atoms with Crippen LogP contribution in [0, 0.1) is 12.7 Å². The van der Waals surface area contributed by atoms with Gasteiger partial charge in [-0.2, -0.15) is 0 Å². The van der Waals surface area contributed by atoms with E-state index in [-0.39, 0.29) is 18.7 Å². The lowest BCUT2D eigenvalue weighted by molar-refractivity contribution is -0.128. The second kappa shape index (κ2) is 9.15. The van der Waals surface area contributed by atoms with Crippen molar-refractivity contribution < 1.29 is 18.8 Å². The van der Waals surface area contributed by atoms with Crippen LogP contribution < -0.4 is 11.2 Å². The smallest absolute Gasteiger partial charge is 0.331 e. The lowest BCUT2D eigenvalue weighted by atomic mass is 9.87. The van der Waals surface area contributed by atoms with E-state index in [0.29, 0.717) is 11.1 Å². The first-order valence-electron chi connectivity index (χ1n) is 11.7. The van der Waals surface area contributed by atoms with E-state index in [1.807, 2.05) is 43.3 Å². The highest BCUT2D eigenvalue weighted by Crippen LogP contribution is 2.36. The van der Waals surface area contributed by atoms with Crippen molar-refractivity contribution in [1.29, 1.82) is 0 Å². The molecule has 0 aromatic heterocycles. The first-order chi connectivity index (χ1) is 17.7. The van der Waals surface area contributed by atoms with Crippen LogP contribution in [0.15, 0.2) is 79.4 Å². The van der Waals surface area contributed by atoms with E-state index >= 15 is 0 Å². The summed E-state index contributed by atoms with van der Waals surface area (Å²) in [6, 6.07) is 16.5. The molecule has 4 amide bonds. The van der Waals surface area contributed by atoms with E-state index in [0.717, 1.165) is 27.3 Å². The summed E-state index contributed by atoms with van der Waals surface area (Å²) >= 11 is 0. The molecule has 186 valence electrons. The number of aryl methyl sites for hydroxylation is 1. The third-order valence-electron chi connectivity index (χ3n) is 6.98. The van der Waals surface area contributed by atoms with Crippen molar-refractivity contribution in [1.82, 2.24) is 15.2 Å². The summed E-state index contributed by atoms with van der Waals surface area (Å²) in [6.45, 7) is 5.73. The molecular weight excluding hydrogens is 471 g/mol. The van der Waals surface area contributed by atoms with Crippen LogP contribution in [0.2, 0.25) is 0 Å². The van der Waals surface area contributed by atoms with E-state index in [1.54, 1.807) is 24.3 Å². The van der Waals surface area contributed by atoms with Gasteiger partial charge in [-0.3, -0.25) is 14.9 Å². The molecule has 3 aromatic rings. The Morgan fingerprint density at radius 3 is 2.46 bits per heavy atom. The number of hydrogen-bond acceptors (Lipinski definition) is 4. The monoisotopic (exact) mass is 496 g/mol. The second-order valence-corrected chi connectivity index (χ2v) is 9.20. The van der Waals surface area contributed by atoms with E-state index in [2.05, 4.69) is 18.0 Å². The molecule has 1 atom stereocenters. The molecule has 2 aliphatic rings. The summed E-state index contributed by atoms with van der Waals surface area (Å²) in [5.41, 5.74) is 3.74. The Balaban J connectivity index is 1.51. The van der Waals surface area contributed by atoms with E-state index < -0.39 is 29.2 Å². The highest BCUT2D eigenvalue weighted by Gasteiger charge is 2.55. The van der Waals surface area contributed by atoms with Gasteiger partial charge in [0.05, 0.1) is 6.54 Å². The molecule has 2 heterocycles. The Labute approximate surface area is 213 Å². The van der Waals surface area contributed by atoms with Gasteiger partial charge in [-0.25, -0.2) is 20.0 Å². The fourth-order valence-corrected chi connectivity index (χ4v) is 4.90. The quantitative estimate of drug-likeness (QED) is 0.231.